The van der Waals surface area contributed by atoms with Gasteiger partial charge in [0.1, 0.15) is 0 Å². The van der Waals surface area contributed by atoms with E-state index >= 15 is 0 Å². The fourth-order valence-electron chi connectivity index (χ4n) is 1.39. The lowest BCUT2D eigenvalue weighted by molar-refractivity contribution is 0.0870. The molecule has 1 saturated heterocycles. The third-order valence-electron chi connectivity index (χ3n) is 2.28. The number of hydrogen-bond acceptors (Lipinski definition) is 2. The van der Waals surface area contributed by atoms with Crippen molar-refractivity contribution in [1.82, 2.24) is 5.32 Å². The Balaban J connectivity index is 2.35. The predicted octanol–water partition coefficient (Wildman–Crippen LogP) is 1.89. The van der Waals surface area contributed by atoms with E-state index in [0.29, 0.717) is 6.04 Å². The summed E-state index contributed by atoms with van der Waals surface area (Å²) < 4.78 is 5.39. The van der Waals surface area contributed by atoms with Crippen LogP contribution in [0.4, 0.5) is 0 Å². The van der Waals surface area contributed by atoms with Gasteiger partial charge in [0, 0.05) is 6.54 Å². The second-order valence-corrected chi connectivity index (χ2v) is 3.33. The van der Waals surface area contributed by atoms with Crippen LogP contribution in [0.3, 0.4) is 0 Å². The van der Waals surface area contributed by atoms with Crippen LogP contribution in [0.25, 0.3) is 0 Å². The first kappa shape index (κ1) is 10.5. The molecule has 1 N–H and O–H groups in total. The van der Waals surface area contributed by atoms with Crippen LogP contribution in [-0.4, -0.2) is 25.8 Å². The van der Waals surface area contributed by atoms with Crippen molar-refractivity contribution in [3.05, 3.63) is 23.8 Å². The van der Waals surface area contributed by atoms with E-state index in [-0.39, 0.29) is 0 Å². The summed E-state index contributed by atoms with van der Waals surface area (Å²) in [6, 6.07) is 0.430. The zero-order valence-corrected chi connectivity index (χ0v) is 8.55. The van der Waals surface area contributed by atoms with Gasteiger partial charge in [-0.3, -0.25) is 0 Å². The molecule has 1 aliphatic rings. The van der Waals surface area contributed by atoms with Gasteiger partial charge in [0.25, 0.3) is 0 Å². The SMILES string of the molecule is C/C=C/C/C=C(\C)C1COCCN1. The third kappa shape index (κ3) is 3.75. The van der Waals surface area contributed by atoms with Gasteiger partial charge >= 0.3 is 0 Å². The summed E-state index contributed by atoms with van der Waals surface area (Å²) in [6.45, 7) is 6.84. The first-order valence-electron chi connectivity index (χ1n) is 4.93. The van der Waals surface area contributed by atoms with Crippen molar-refractivity contribution in [3.63, 3.8) is 0 Å². The van der Waals surface area contributed by atoms with Crippen LogP contribution in [-0.2, 0) is 4.74 Å². The standard InChI is InChI=1S/C11H19NO/c1-3-4-5-6-10(2)11-9-13-8-7-12-11/h3-4,6,11-12H,5,7-9H2,1-2H3/b4-3+,10-6+. The van der Waals surface area contributed by atoms with Gasteiger partial charge in [-0.15, -0.1) is 0 Å². The Hall–Kier alpha value is -0.600. The van der Waals surface area contributed by atoms with Crippen LogP contribution in [0.5, 0.6) is 0 Å². The summed E-state index contributed by atoms with van der Waals surface area (Å²) in [7, 11) is 0. The highest BCUT2D eigenvalue weighted by Gasteiger charge is 2.13. The van der Waals surface area contributed by atoms with Gasteiger partial charge in [0.15, 0.2) is 0 Å². The molecule has 0 aliphatic carbocycles. The molecular formula is C11H19NO. The number of nitrogens with one attached hydrogen (secondary N) is 1. The minimum atomic E-state index is 0.430. The van der Waals surface area contributed by atoms with E-state index in [0.717, 1.165) is 26.2 Å². The summed E-state index contributed by atoms with van der Waals surface area (Å²) in [5.74, 6) is 0. The first-order chi connectivity index (χ1) is 6.34. The van der Waals surface area contributed by atoms with Crippen LogP contribution in [0.15, 0.2) is 23.8 Å². The number of morpholine rings is 1. The molecule has 1 unspecified atom stereocenters. The molecule has 1 rings (SSSR count). The zero-order valence-electron chi connectivity index (χ0n) is 8.55. The molecule has 13 heavy (non-hydrogen) atoms. The van der Waals surface area contributed by atoms with E-state index in [4.69, 9.17) is 4.74 Å². The maximum absolute atomic E-state index is 5.39. The van der Waals surface area contributed by atoms with Gasteiger partial charge in [-0.2, -0.15) is 0 Å². The molecule has 0 aromatic heterocycles. The smallest absolute Gasteiger partial charge is 0.0658 e. The van der Waals surface area contributed by atoms with Crippen molar-refractivity contribution in [2.24, 2.45) is 0 Å². The van der Waals surface area contributed by atoms with E-state index in [2.05, 4.69) is 30.5 Å². The lowest BCUT2D eigenvalue weighted by Crippen LogP contribution is -2.41. The van der Waals surface area contributed by atoms with Crippen LogP contribution >= 0.6 is 0 Å². The molecule has 0 aromatic rings. The average Bonchev–Trinajstić information content (AvgIpc) is 2.19. The average molecular weight is 181 g/mol. The van der Waals surface area contributed by atoms with E-state index < -0.39 is 0 Å². The Bertz CT molecular complexity index is 190. The van der Waals surface area contributed by atoms with Crippen molar-refractivity contribution in [3.8, 4) is 0 Å². The van der Waals surface area contributed by atoms with E-state index in [1.807, 2.05) is 6.92 Å². The molecule has 2 heteroatoms. The summed E-state index contributed by atoms with van der Waals surface area (Å²) in [5, 5.41) is 3.43. The van der Waals surface area contributed by atoms with Gasteiger partial charge < -0.3 is 10.1 Å². The molecule has 0 amide bonds. The maximum Gasteiger partial charge on any atom is 0.0658 e. The molecular weight excluding hydrogens is 162 g/mol. The Morgan fingerprint density at radius 3 is 3.08 bits per heavy atom. The molecule has 0 radical (unpaired) electrons. The molecule has 0 spiro atoms. The van der Waals surface area contributed by atoms with Crippen LogP contribution in [0, 0.1) is 0 Å². The molecule has 2 nitrogen and oxygen atoms in total. The van der Waals surface area contributed by atoms with E-state index in [9.17, 15) is 0 Å². The Morgan fingerprint density at radius 2 is 2.46 bits per heavy atom. The van der Waals surface area contributed by atoms with Gasteiger partial charge in [0.05, 0.1) is 19.3 Å². The lowest BCUT2D eigenvalue weighted by atomic mass is 10.1. The monoisotopic (exact) mass is 181 g/mol. The normalized spacial score (nSPS) is 25.4. The largest absolute Gasteiger partial charge is 0.378 e. The zero-order chi connectivity index (χ0) is 9.52. The minimum absolute atomic E-state index is 0.430. The Labute approximate surface area is 80.7 Å². The topological polar surface area (TPSA) is 21.3 Å². The number of ether oxygens (including phenoxy) is 1. The quantitative estimate of drug-likeness (QED) is 0.671. The molecule has 1 fully saturated rings. The highest BCUT2D eigenvalue weighted by atomic mass is 16.5. The van der Waals surface area contributed by atoms with Crippen LogP contribution in [0.2, 0.25) is 0 Å². The van der Waals surface area contributed by atoms with Crippen LogP contribution in [0.1, 0.15) is 20.3 Å². The summed E-state index contributed by atoms with van der Waals surface area (Å²) in [4.78, 5) is 0. The molecule has 74 valence electrons. The van der Waals surface area contributed by atoms with Gasteiger partial charge in [0.2, 0.25) is 0 Å². The fourth-order valence-corrected chi connectivity index (χ4v) is 1.39. The fraction of sp³-hybridized carbons (Fsp3) is 0.636. The van der Waals surface area contributed by atoms with Gasteiger partial charge in [-0.25, -0.2) is 0 Å². The van der Waals surface area contributed by atoms with Crippen molar-refractivity contribution >= 4 is 0 Å². The van der Waals surface area contributed by atoms with Crippen molar-refractivity contribution in [2.45, 2.75) is 26.3 Å². The number of allylic oxidation sites excluding steroid dienone is 3. The highest BCUT2D eigenvalue weighted by molar-refractivity contribution is 5.10. The highest BCUT2D eigenvalue weighted by Crippen LogP contribution is 2.06. The predicted molar refractivity (Wildman–Crippen MR) is 55.8 cm³/mol. The van der Waals surface area contributed by atoms with Gasteiger partial charge in [-0.1, -0.05) is 23.8 Å². The van der Waals surface area contributed by atoms with Crippen molar-refractivity contribution in [1.29, 1.82) is 0 Å². The van der Waals surface area contributed by atoms with Crippen molar-refractivity contribution in [2.75, 3.05) is 19.8 Å². The molecule has 1 heterocycles. The first-order valence-corrected chi connectivity index (χ1v) is 4.93. The van der Waals surface area contributed by atoms with E-state index in [1.165, 1.54) is 5.57 Å². The molecule has 0 saturated carbocycles. The number of hydrogen-bond donors (Lipinski definition) is 1. The number of rotatable bonds is 3. The second kappa shape index (κ2) is 5.95. The maximum atomic E-state index is 5.39. The molecule has 0 bridgehead atoms. The van der Waals surface area contributed by atoms with Crippen molar-refractivity contribution < 1.29 is 4.74 Å². The summed E-state index contributed by atoms with van der Waals surface area (Å²) in [5.41, 5.74) is 1.39. The summed E-state index contributed by atoms with van der Waals surface area (Å²) >= 11 is 0. The molecule has 1 aliphatic heterocycles. The summed E-state index contributed by atoms with van der Waals surface area (Å²) in [6.07, 6.45) is 7.52. The van der Waals surface area contributed by atoms with Gasteiger partial charge in [-0.05, 0) is 20.3 Å². The Morgan fingerprint density at radius 1 is 1.62 bits per heavy atom. The van der Waals surface area contributed by atoms with E-state index in [1.54, 1.807) is 0 Å². The Kier molecular flexibility index (Phi) is 4.79. The third-order valence-corrected chi connectivity index (χ3v) is 2.28. The second-order valence-electron chi connectivity index (χ2n) is 3.33. The minimum Gasteiger partial charge on any atom is -0.378 e. The molecule has 0 aromatic carbocycles. The van der Waals surface area contributed by atoms with Crippen LogP contribution < -0.4 is 5.32 Å². The lowest BCUT2D eigenvalue weighted by Gasteiger charge is -2.24. The molecule has 1 atom stereocenters.